The number of carbonyl (C=O) groups excluding carboxylic acids is 2. The Morgan fingerprint density at radius 1 is 1.12 bits per heavy atom. The normalized spacial score (nSPS) is 10.6. The number of aromatic nitrogens is 2. The molecule has 0 radical (unpaired) electrons. The molecule has 0 aliphatic heterocycles. The van der Waals surface area contributed by atoms with E-state index in [2.05, 4.69) is 20.6 Å². The van der Waals surface area contributed by atoms with Crippen LogP contribution in [-0.2, 0) is 6.42 Å². The summed E-state index contributed by atoms with van der Waals surface area (Å²) in [5.74, 6) is -0.952. The second-order valence-corrected chi connectivity index (χ2v) is 6.21. The third-order valence-electron chi connectivity index (χ3n) is 3.46. The molecule has 26 heavy (non-hydrogen) atoms. The molecule has 0 saturated carbocycles. The number of nitrogens with one attached hydrogen (secondary N) is 3. The Balaban J connectivity index is 1.85. The van der Waals surface area contributed by atoms with Crippen LogP contribution in [0.4, 0.5) is 4.39 Å². The van der Waals surface area contributed by atoms with Gasteiger partial charge >= 0.3 is 5.69 Å². The Labute approximate surface area is 150 Å². The first-order valence-corrected chi connectivity index (χ1v) is 8.27. The lowest BCUT2D eigenvalue weighted by molar-refractivity contribution is 0.0924. The fourth-order valence-corrected chi connectivity index (χ4v) is 2.32. The van der Waals surface area contributed by atoms with E-state index in [4.69, 9.17) is 0 Å². The predicted molar refractivity (Wildman–Crippen MR) is 94.5 cm³/mol. The lowest BCUT2D eigenvalue weighted by Crippen LogP contribution is -2.35. The van der Waals surface area contributed by atoms with Gasteiger partial charge < -0.3 is 15.6 Å². The second kappa shape index (κ2) is 8.89. The molecule has 0 aliphatic carbocycles. The molecule has 1 aromatic heterocycles. The average Bonchev–Trinajstić information content (AvgIpc) is 2.57. The van der Waals surface area contributed by atoms with Crippen molar-refractivity contribution in [2.24, 2.45) is 5.92 Å². The molecule has 2 amide bonds. The Hall–Kier alpha value is -3.03. The van der Waals surface area contributed by atoms with Crippen LogP contribution in [0.1, 0.15) is 40.4 Å². The predicted octanol–water partition coefficient (Wildman–Crippen LogP) is 1.27. The minimum absolute atomic E-state index is 0.0364. The van der Waals surface area contributed by atoms with E-state index in [1.807, 2.05) is 13.8 Å². The van der Waals surface area contributed by atoms with Gasteiger partial charge in [0.15, 0.2) is 0 Å². The van der Waals surface area contributed by atoms with E-state index in [1.54, 1.807) is 6.07 Å². The Morgan fingerprint density at radius 2 is 1.73 bits per heavy atom. The molecular formula is C18H21FN4O3. The highest BCUT2D eigenvalue weighted by Gasteiger charge is 2.11. The fraction of sp³-hybridized carbons (Fsp3) is 0.333. The van der Waals surface area contributed by atoms with Crippen molar-refractivity contribution in [3.8, 4) is 0 Å². The molecule has 8 heteroatoms. The van der Waals surface area contributed by atoms with Crippen LogP contribution in [0.15, 0.2) is 35.1 Å². The summed E-state index contributed by atoms with van der Waals surface area (Å²) >= 11 is 0. The monoisotopic (exact) mass is 360 g/mol. The van der Waals surface area contributed by atoms with Gasteiger partial charge in [-0.15, -0.1) is 0 Å². The second-order valence-electron chi connectivity index (χ2n) is 6.21. The van der Waals surface area contributed by atoms with Gasteiger partial charge in [-0.1, -0.05) is 13.8 Å². The number of halogens is 1. The number of amides is 2. The molecule has 1 aromatic carbocycles. The number of hydrogen-bond acceptors (Lipinski definition) is 4. The van der Waals surface area contributed by atoms with E-state index in [1.165, 1.54) is 24.3 Å². The van der Waals surface area contributed by atoms with Crippen LogP contribution >= 0.6 is 0 Å². The highest BCUT2D eigenvalue weighted by Crippen LogP contribution is 2.05. The van der Waals surface area contributed by atoms with Crippen molar-refractivity contribution in [3.05, 3.63) is 63.6 Å². The third kappa shape index (κ3) is 5.80. The van der Waals surface area contributed by atoms with Crippen molar-refractivity contribution < 1.29 is 14.0 Å². The summed E-state index contributed by atoms with van der Waals surface area (Å²) in [7, 11) is 0. The van der Waals surface area contributed by atoms with Crippen LogP contribution in [0.3, 0.4) is 0 Å². The van der Waals surface area contributed by atoms with Crippen LogP contribution in [-0.4, -0.2) is 34.9 Å². The molecule has 0 unspecified atom stereocenters. The molecular weight excluding hydrogens is 339 g/mol. The molecule has 0 fully saturated rings. The zero-order valence-electron chi connectivity index (χ0n) is 14.6. The Bertz CT molecular complexity index is 831. The van der Waals surface area contributed by atoms with Gasteiger partial charge in [-0.05, 0) is 42.7 Å². The fourth-order valence-electron chi connectivity index (χ4n) is 2.32. The summed E-state index contributed by atoms with van der Waals surface area (Å²) in [5.41, 5.74) is 0.439. The summed E-state index contributed by atoms with van der Waals surface area (Å²) in [6.07, 6.45) is 0.631. The first-order chi connectivity index (χ1) is 12.3. The zero-order chi connectivity index (χ0) is 19.1. The quantitative estimate of drug-likeness (QED) is 0.647. The van der Waals surface area contributed by atoms with Gasteiger partial charge in [0, 0.05) is 24.3 Å². The minimum Gasteiger partial charge on any atom is -0.350 e. The van der Waals surface area contributed by atoms with Gasteiger partial charge in [0.1, 0.15) is 11.5 Å². The zero-order valence-corrected chi connectivity index (χ0v) is 14.6. The van der Waals surface area contributed by atoms with Gasteiger partial charge in [0.05, 0.1) is 0 Å². The van der Waals surface area contributed by atoms with E-state index in [0.29, 0.717) is 23.6 Å². The molecule has 1 heterocycles. The van der Waals surface area contributed by atoms with Crippen LogP contribution in [0, 0.1) is 11.7 Å². The number of hydrogen-bond donors (Lipinski definition) is 3. The number of rotatable bonds is 7. The lowest BCUT2D eigenvalue weighted by atomic mass is 10.1. The Kier molecular flexibility index (Phi) is 6.60. The topological polar surface area (TPSA) is 104 Å². The number of carbonyl (C=O) groups is 2. The van der Waals surface area contributed by atoms with E-state index in [9.17, 15) is 18.8 Å². The van der Waals surface area contributed by atoms with Crippen LogP contribution in [0.25, 0.3) is 0 Å². The maximum atomic E-state index is 12.8. The number of aromatic amines is 1. The lowest BCUT2D eigenvalue weighted by Gasteiger charge is -2.08. The van der Waals surface area contributed by atoms with Gasteiger partial charge in [0.2, 0.25) is 0 Å². The van der Waals surface area contributed by atoms with Gasteiger partial charge in [-0.25, -0.2) is 9.18 Å². The van der Waals surface area contributed by atoms with Crippen molar-refractivity contribution in [1.29, 1.82) is 0 Å². The van der Waals surface area contributed by atoms with Gasteiger partial charge in [0.25, 0.3) is 11.8 Å². The van der Waals surface area contributed by atoms with Crippen molar-refractivity contribution in [3.63, 3.8) is 0 Å². The minimum atomic E-state index is -0.571. The molecule has 0 aliphatic rings. The highest BCUT2D eigenvalue weighted by atomic mass is 19.1. The van der Waals surface area contributed by atoms with Gasteiger partial charge in [-0.3, -0.25) is 9.59 Å². The largest absolute Gasteiger partial charge is 0.350 e. The number of nitrogens with zero attached hydrogens (tertiary/aromatic N) is 1. The number of benzene rings is 1. The standard InChI is InChI=1S/C18H21FN4O3/c1-11(2)9-14-10-15(23-18(26)22-14)17(25)21-8-7-20-16(24)12-3-5-13(19)6-4-12/h3-6,10-11H,7-9H2,1-2H3,(H,20,24)(H,21,25)(H,22,23,26). The number of H-pyrrole nitrogens is 1. The average molecular weight is 360 g/mol. The summed E-state index contributed by atoms with van der Waals surface area (Å²) in [6, 6.07) is 6.70. The summed E-state index contributed by atoms with van der Waals surface area (Å²) < 4.78 is 12.8. The summed E-state index contributed by atoms with van der Waals surface area (Å²) in [5, 5.41) is 5.20. The highest BCUT2D eigenvalue weighted by molar-refractivity contribution is 5.94. The van der Waals surface area contributed by atoms with E-state index in [-0.39, 0.29) is 24.7 Å². The molecule has 2 aromatic rings. The maximum Gasteiger partial charge on any atom is 0.345 e. The van der Waals surface area contributed by atoms with Crippen LogP contribution in [0.5, 0.6) is 0 Å². The smallest absolute Gasteiger partial charge is 0.345 e. The van der Waals surface area contributed by atoms with E-state index >= 15 is 0 Å². The van der Waals surface area contributed by atoms with Crippen LogP contribution < -0.4 is 16.3 Å². The molecule has 2 rings (SSSR count). The SMILES string of the molecule is CC(C)Cc1cc(C(=O)NCCNC(=O)c2ccc(F)cc2)nc(=O)[nH]1. The third-order valence-corrected chi connectivity index (χ3v) is 3.46. The molecule has 3 N–H and O–H groups in total. The van der Waals surface area contributed by atoms with E-state index < -0.39 is 17.4 Å². The molecule has 0 atom stereocenters. The maximum absolute atomic E-state index is 12.8. The first kappa shape index (κ1) is 19.3. The van der Waals surface area contributed by atoms with Crippen molar-refractivity contribution in [2.75, 3.05) is 13.1 Å². The molecule has 0 bridgehead atoms. The van der Waals surface area contributed by atoms with Crippen molar-refractivity contribution in [1.82, 2.24) is 20.6 Å². The molecule has 7 nitrogen and oxygen atoms in total. The molecule has 0 spiro atoms. The summed E-state index contributed by atoms with van der Waals surface area (Å²) in [6.45, 7) is 4.36. The van der Waals surface area contributed by atoms with Crippen molar-refractivity contribution in [2.45, 2.75) is 20.3 Å². The first-order valence-electron chi connectivity index (χ1n) is 8.27. The summed E-state index contributed by atoms with van der Waals surface area (Å²) in [4.78, 5) is 41.8. The van der Waals surface area contributed by atoms with Crippen molar-refractivity contribution >= 4 is 11.8 Å². The van der Waals surface area contributed by atoms with Crippen LogP contribution in [0.2, 0.25) is 0 Å². The molecule has 138 valence electrons. The van der Waals surface area contributed by atoms with E-state index in [0.717, 1.165) is 0 Å². The molecule has 0 saturated heterocycles. The Morgan fingerprint density at radius 3 is 2.35 bits per heavy atom. The van der Waals surface area contributed by atoms with Gasteiger partial charge in [-0.2, -0.15) is 4.98 Å².